The molecule has 0 aliphatic rings. The van der Waals surface area contributed by atoms with Gasteiger partial charge in [0.25, 0.3) is 0 Å². The molecule has 54 valence electrons. The third kappa shape index (κ3) is 1.89. The van der Waals surface area contributed by atoms with Crippen molar-refractivity contribution in [3.8, 4) is 0 Å². The van der Waals surface area contributed by atoms with Crippen LogP contribution in [0.15, 0.2) is 23.1 Å². The molecule has 0 bridgehead atoms. The van der Waals surface area contributed by atoms with Crippen LogP contribution in [0.1, 0.15) is 5.56 Å². The summed E-state index contributed by atoms with van der Waals surface area (Å²) in [7, 11) is 0. The van der Waals surface area contributed by atoms with Gasteiger partial charge in [0.2, 0.25) is 5.56 Å². The summed E-state index contributed by atoms with van der Waals surface area (Å²) in [5.41, 5.74) is 0.847. The van der Waals surface area contributed by atoms with Gasteiger partial charge < -0.3 is 4.98 Å². The second-order valence-corrected chi connectivity index (χ2v) is 2.21. The molecule has 0 spiro atoms. The number of H-pyrrole nitrogens is 1. The van der Waals surface area contributed by atoms with E-state index in [0.717, 1.165) is 5.56 Å². The highest BCUT2D eigenvalue weighted by atomic mass is 32.1. The van der Waals surface area contributed by atoms with Crippen molar-refractivity contribution in [2.75, 3.05) is 0 Å². The first-order chi connectivity index (χ1) is 4.83. The molecule has 1 aromatic rings. The van der Waals surface area contributed by atoms with Gasteiger partial charge in [0, 0.05) is 18.8 Å². The smallest absolute Gasteiger partial charge is 0.248 e. The molecule has 2 N–H and O–H groups in total. The van der Waals surface area contributed by atoms with E-state index in [0.29, 0.717) is 6.54 Å². The maximum absolute atomic E-state index is 10.7. The Balaban J connectivity index is 2.85. The molecule has 0 atom stereocenters. The van der Waals surface area contributed by atoms with Crippen LogP contribution in [0.3, 0.4) is 0 Å². The molecule has 3 nitrogen and oxygen atoms in total. The number of thiol groups is 1. The summed E-state index contributed by atoms with van der Waals surface area (Å²) in [5.74, 6) is 0. The van der Waals surface area contributed by atoms with E-state index in [2.05, 4.69) is 22.5 Å². The van der Waals surface area contributed by atoms with Gasteiger partial charge in [0.1, 0.15) is 0 Å². The van der Waals surface area contributed by atoms with Crippen molar-refractivity contribution >= 4 is 12.8 Å². The van der Waals surface area contributed by atoms with Crippen LogP contribution < -0.4 is 10.3 Å². The fraction of sp³-hybridized carbons (Fsp3) is 0.167. The lowest BCUT2D eigenvalue weighted by atomic mass is 10.3. The number of pyridine rings is 1. The zero-order valence-corrected chi connectivity index (χ0v) is 6.19. The molecule has 1 rings (SSSR count). The third-order valence-electron chi connectivity index (χ3n) is 1.12. The number of rotatable bonds is 2. The van der Waals surface area contributed by atoms with Crippen molar-refractivity contribution < 1.29 is 0 Å². The molecule has 1 heterocycles. The van der Waals surface area contributed by atoms with Gasteiger partial charge in [0.05, 0.1) is 0 Å². The predicted octanol–water partition coefficient (Wildman–Crippen LogP) is 0.309. The molecular weight excluding hydrogens is 148 g/mol. The zero-order chi connectivity index (χ0) is 7.40. The number of hydrogen-bond donors (Lipinski definition) is 3. The molecule has 1 aromatic heterocycles. The Morgan fingerprint density at radius 1 is 1.70 bits per heavy atom. The molecule has 0 aliphatic heterocycles. The maximum Gasteiger partial charge on any atom is 0.248 e. The highest BCUT2D eigenvalue weighted by molar-refractivity contribution is 7.78. The Labute approximate surface area is 64.0 Å². The molecule has 0 saturated heterocycles. The van der Waals surface area contributed by atoms with Crippen LogP contribution in [-0.2, 0) is 6.54 Å². The minimum Gasteiger partial charge on any atom is -0.329 e. The Kier molecular flexibility index (Phi) is 2.53. The third-order valence-corrected chi connectivity index (χ3v) is 1.28. The van der Waals surface area contributed by atoms with Crippen LogP contribution in [0.25, 0.3) is 0 Å². The van der Waals surface area contributed by atoms with Gasteiger partial charge in [-0.15, -0.1) is 0 Å². The molecule has 0 radical (unpaired) electrons. The normalized spacial score (nSPS) is 9.70. The number of aromatic amines is 1. The van der Waals surface area contributed by atoms with E-state index < -0.39 is 0 Å². The minimum atomic E-state index is -0.0823. The second kappa shape index (κ2) is 3.43. The van der Waals surface area contributed by atoms with Gasteiger partial charge in [-0.3, -0.25) is 9.52 Å². The lowest BCUT2D eigenvalue weighted by molar-refractivity contribution is 0.972. The van der Waals surface area contributed by atoms with E-state index >= 15 is 0 Å². The molecule has 0 aliphatic carbocycles. The summed E-state index contributed by atoms with van der Waals surface area (Å²) >= 11 is 3.80. The van der Waals surface area contributed by atoms with Crippen molar-refractivity contribution in [2.24, 2.45) is 0 Å². The van der Waals surface area contributed by atoms with Crippen molar-refractivity contribution in [1.29, 1.82) is 0 Å². The molecule has 0 saturated carbocycles. The van der Waals surface area contributed by atoms with Crippen molar-refractivity contribution in [1.82, 2.24) is 9.71 Å². The highest BCUT2D eigenvalue weighted by Crippen LogP contribution is 1.90. The quantitative estimate of drug-likeness (QED) is 0.540. The van der Waals surface area contributed by atoms with E-state index in [1.54, 1.807) is 6.20 Å². The van der Waals surface area contributed by atoms with E-state index in [4.69, 9.17) is 0 Å². The molecule has 0 unspecified atom stereocenters. The van der Waals surface area contributed by atoms with Crippen LogP contribution in [0, 0.1) is 0 Å². The number of aromatic nitrogens is 1. The van der Waals surface area contributed by atoms with Crippen LogP contribution in [-0.4, -0.2) is 4.98 Å². The minimum absolute atomic E-state index is 0.0823. The van der Waals surface area contributed by atoms with Crippen LogP contribution in [0.5, 0.6) is 0 Å². The summed E-state index contributed by atoms with van der Waals surface area (Å²) in [6.45, 7) is 0.604. The van der Waals surface area contributed by atoms with Crippen LogP contribution in [0.4, 0.5) is 0 Å². The Morgan fingerprint density at radius 3 is 3.10 bits per heavy atom. The van der Waals surface area contributed by atoms with Crippen LogP contribution >= 0.6 is 12.8 Å². The van der Waals surface area contributed by atoms with Crippen LogP contribution in [0.2, 0.25) is 0 Å². The average Bonchev–Trinajstić information content (AvgIpc) is 1.88. The van der Waals surface area contributed by atoms with Gasteiger partial charge in [-0.1, -0.05) is 12.8 Å². The highest BCUT2D eigenvalue weighted by Gasteiger charge is 1.88. The average molecular weight is 156 g/mol. The summed E-state index contributed by atoms with van der Waals surface area (Å²) < 4.78 is 2.65. The monoisotopic (exact) mass is 156 g/mol. The van der Waals surface area contributed by atoms with Gasteiger partial charge in [0.15, 0.2) is 0 Å². The standard InChI is InChI=1S/C6H8N2OS/c9-6-3-5(4-8-10)1-2-7-6/h1-3,8,10H,4H2,(H,7,9). The van der Waals surface area contributed by atoms with Gasteiger partial charge >= 0.3 is 0 Å². The van der Waals surface area contributed by atoms with Crippen molar-refractivity contribution in [3.63, 3.8) is 0 Å². The first-order valence-electron chi connectivity index (χ1n) is 2.87. The van der Waals surface area contributed by atoms with Gasteiger partial charge in [-0.25, -0.2) is 0 Å². The largest absolute Gasteiger partial charge is 0.329 e. The molecule has 0 fully saturated rings. The maximum atomic E-state index is 10.7. The van der Waals surface area contributed by atoms with E-state index in [1.807, 2.05) is 6.07 Å². The van der Waals surface area contributed by atoms with Crippen molar-refractivity contribution in [2.45, 2.75) is 6.54 Å². The summed E-state index contributed by atoms with van der Waals surface area (Å²) in [6, 6.07) is 3.36. The van der Waals surface area contributed by atoms with Gasteiger partial charge in [-0.05, 0) is 11.6 Å². The molecule has 4 heteroatoms. The van der Waals surface area contributed by atoms with Crippen molar-refractivity contribution in [3.05, 3.63) is 34.2 Å². The topological polar surface area (TPSA) is 44.9 Å². The van der Waals surface area contributed by atoms with E-state index in [-0.39, 0.29) is 5.56 Å². The fourth-order valence-electron chi connectivity index (χ4n) is 0.690. The fourth-order valence-corrected chi connectivity index (χ4v) is 0.873. The molecule has 0 amide bonds. The lowest BCUT2D eigenvalue weighted by Gasteiger charge is -1.94. The predicted molar refractivity (Wildman–Crippen MR) is 42.9 cm³/mol. The molecule has 10 heavy (non-hydrogen) atoms. The summed E-state index contributed by atoms with van der Waals surface area (Å²) in [4.78, 5) is 13.2. The molecule has 0 aromatic carbocycles. The molecular formula is C6H8N2OS. The lowest BCUT2D eigenvalue weighted by Crippen LogP contribution is -2.07. The summed E-state index contributed by atoms with van der Waals surface area (Å²) in [6.07, 6.45) is 1.61. The Hall–Kier alpha value is -0.740. The second-order valence-electron chi connectivity index (χ2n) is 1.90. The Morgan fingerprint density at radius 2 is 2.50 bits per heavy atom. The summed E-state index contributed by atoms with van der Waals surface area (Å²) in [5, 5.41) is 0. The zero-order valence-electron chi connectivity index (χ0n) is 5.29. The SMILES string of the molecule is O=c1cc(CNS)cc[nH]1. The number of nitrogens with one attached hydrogen (secondary N) is 2. The first kappa shape index (κ1) is 7.37. The Bertz CT molecular complexity index is 258. The van der Waals surface area contributed by atoms with Gasteiger partial charge in [-0.2, -0.15) is 0 Å². The van der Waals surface area contributed by atoms with E-state index in [1.165, 1.54) is 6.07 Å². The first-order valence-corrected chi connectivity index (χ1v) is 3.32. The number of hydrogen-bond acceptors (Lipinski definition) is 3. The van der Waals surface area contributed by atoms with E-state index in [9.17, 15) is 4.79 Å².